The third kappa shape index (κ3) is 5.12. The first-order chi connectivity index (χ1) is 15.8. The largest absolute Gasteiger partial charge is 0.507 e. The zero-order valence-electron chi connectivity index (χ0n) is 19.4. The van der Waals surface area contributed by atoms with Gasteiger partial charge in [-0.05, 0) is 62.5 Å². The van der Waals surface area contributed by atoms with Gasteiger partial charge in [-0.3, -0.25) is 9.59 Å². The van der Waals surface area contributed by atoms with Crippen LogP contribution in [0.2, 0.25) is 0 Å². The lowest BCUT2D eigenvalue weighted by atomic mass is 9.95. The molecule has 1 saturated heterocycles. The van der Waals surface area contributed by atoms with E-state index in [9.17, 15) is 19.8 Å². The molecule has 0 unspecified atom stereocenters. The number of benzene rings is 2. The molecule has 8 heteroatoms. The first kappa shape index (κ1) is 24.1. The number of methoxy groups -OCH3 is 1. The van der Waals surface area contributed by atoms with Crippen LogP contribution < -0.4 is 9.47 Å². The summed E-state index contributed by atoms with van der Waals surface area (Å²) in [7, 11) is 5.17. The molecule has 3 rings (SSSR count). The van der Waals surface area contributed by atoms with Gasteiger partial charge < -0.3 is 29.5 Å². The molecule has 0 aliphatic carbocycles. The van der Waals surface area contributed by atoms with Crippen LogP contribution in [0.1, 0.15) is 30.5 Å². The predicted molar refractivity (Wildman–Crippen MR) is 124 cm³/mol. The molecule has 176 valence electrons. The first-order valence-electron chi connectivity index (χ1n) is 10.8. The summed E-state index contributed by atoms with van der Waals surface area (Å²) in [6.45, 7) is 3.40. The molecule has 1 amide bonds. The molecular weight excluding hydrogens is 424 g/mol. The van der Waals surface area contributed by atoms with Crippen LogP contribution in [0.4, 0.5) is 0 Å². The maximum Gasteiger partial charge on any atom is 0.295 e. The van der Waals surface area contributed by atoms with E-state index in [0.717, 1.165) is 6.42 Å². The normalized spacial score (nSPS) is 17.6. The molecule has 2 aromatic carbocycles. The number of phenolic OH excluding ortho intramolecular Hbond substituents is 1. The van der Waals surface area contributed by atoms with E-state index in [1.165, 1.54) is 18.1 Å². The van der Waals surface area contributed by atoms with Crippen LogP contribution in [0, 0.1) is 0 Å². The van der Waals surface area contributed by atoms with E-state index < -0.39 is 17.7 Å². The molecular formula is C25H30N2O6. The van der Waals surface area contributed by atoms with Gasteiger partial charge in [-0.2, -0.15) is 0 Å². The number of hydrogen-bond acceptors (Lipinski definition) is 7. The van der Waals surface area contributed by atoms with E-state index >= 15 is 0 Å². The summed E-state index contributed by atoms with van der Waals surface area (Å²) in [5.41, 5.74) is 0.945. The van der Waals surface area contributed by atoms with Gasteiger partial charge >= 0.3 is 0 Å². The number of aliphatic hydroxyl groups is 1. The number of likely N-dealkylation sites (N-methyl/N-ethyl adjacent to an activating group) is 1. The van der Waals surface area contributed by atoms with Gasteiger partial charge in [0, 0.05) is 18.7 Å². The van der Waals surface area contributed by atoms with Gasteiger partial charge in [-0.25, -0.2) is 0 Å². The average Bonchev–Trinajstić information content (AvgIpc) is 3.06. The van der Waals surface area contributed by atoms with Crippen molar-refractivity contribution >= 4 is 17.4 Å². The predicted octanol–water partition coefficient (Wildman–Crippen LogP) is 3.17. The lowest BCUT2D eigenvalue weighted by molar-refractivity contribution is -0.140. The summed E-state index contributed by atoms with van der Waals surface area (Å²) in [5, 5.41) is 21.1. The van der Waals surface area contributed by atoms with E-state index in [0.29, 0.717) is 30.0 Å². The van der Waals surface area contributed by atoms with Crippen molar-refractivity contribution in [2.45, 2.75) is 19.4 Å². The second-order valence-corrected chi connectivity index (χ2v) is 8.10. The number of likely N-dealkylation sites (tertiary alicyclic amines) is 1. The van der Waals surface area contributed by atoms with Crippen LogP contribution in [0.15, 0.2) is 48.0 Å². The Labute approximate surface area is 193 Å². The van der Waals surface area contributed by atoms with E-state index in [4.69, 9.17) is 9.47 Å². The fourth-order valence-corrected chi connectivity index (χ4v) is 3.71. The van der Waals surface area contributed by atoms with Crippen molar-refractivity contribution in [3.8, 4) is 17.2 Å². The van der Waals surface area contributed by atoms with Crippen molar-refractivity contribution in [2.24, 2.45) is 0 Å². The molecule has 2 N–H and O–H groups in total. The number of hydrogen-bond donors (Lipinski definition) is 2. The monoisotopic (exact) mass is 454 g/mol. The molecule has 1 atom stereocenters. The Kier molecular flexibility index (Phi) is 7.60. The summed E-state index contributed by atoms with van der Waals surface area (Å²) < 4.78 is 10.8. The van der Waals surface area contributed by atoms with E-state index in [1.54, 1.807) is 36.4 Å². The Morgan fingerprint density at radius 2 is 1.82 bits per heavy atom. The maximum absolute atomic E-state index is 13.1. The van der Waals surface area contributed by atoms with E-state index in [-0.39, 0.29) is 29.4 Å². The Morgan fingerprint density at radius 3 is 2.42 bits per heavy atom. The van der Waals surface area contributed by atoms with Crippen LogP contribution in [-0.2, 0) is 9.59 Å². The number of amides is 1. The van der Waals surface area contributed by atoms with Gasteiger partial charge in [0.15, 0.2) is 11.5 Å². The summed E-state index contributed by atoms with van der Waals surface area (Å²) in [6.07, 6.45) is 0.869. The van der Waals surface area contributed by atoms with Crippen molar-refractivity contribution in [2.75, 3.05) is 40.9 Å². The zero-order valence-corrected chi connectivity index (χ0v) is 19.4. The van der Waals surface area contributed by atoms with Gasteiger partial charge in [0.2, 0.25) is 0 Å². The molecule has 1 aliphatic heterocycles. The Morgan fingerprint density at radius 1 is 1.12 bits per heavy atom. The standard InChI is InChI=1S/C25H30N2O6/c1-5-14-33-18-9-6-16(7-10-18)23(29)21-22(17-8-11-19(28)20(15-17)32-4)27(13-12-26(2)3)25(31)24(21)30/h6-11,15,22,28-29H,5,12-14H2,1-4H3/t22-/m1/s1. The minimum absolute atomic E-state index is 0.00581. The molecule has 0 spiro atoms. The summed E-state index contributed by atoms with van der Waals surface area (Å²) in [6, 6.07) is 10.5. The number of rotatable bonds is 9. The molecule has 0 aromatic heterocycles. The number of aliphatic hydroxyl groups excluding tert-OH is 1. The number of ether oxygens (including phenoxy) is 2. The fraction of sp³-hybridized carbons (Fsp3) is 0.360. The maximum atomic E-state index is 13.1. The summed E-state index contributed by atoms with van der Waals surface area (Å²) in [4.78, 5) is 29.4. The van der Waals surface area contributed by atoms with Gasteiger partial charge in [0.05, 0.1) is 25.3 Å². The van der Waals surface area contributed by atoms with E-state index in [1.807, 2.05) is 25.9 Å². The number of Topliss-reactive ketones (excluding diaryl/α,β-unsaturated/α-hetero) is 1. The van der Waals surface area contributed by atoms with Crippen molar-refractivity contribution in [3.63, 3.8) is 0 Å². The second-order valence-electron chi connectivity index (χ2n) is 8.10. The van der Waals surface area contributed by atoms with Gasteiger partial charge in [-0.1, -0.05) is 13.0 Å². The van der Waals surface area contributed by atoms with Crippen LogP contribution in [-0.4, -0.2) is 72.6 Å². The lowest BCUT2D eigenvalue weighted by Gasteiger charge is -2.27. The topological polar surface area (TPSA) is 99.5 Å². The van der Waals surface area contributed by atoms with Crippen molar-refractivity contribution in [1.29, 1.82) is 0 Å². The number of ketones is 1. The van der Waals surface area contributed by atoms with Gasteiger partial charge in [-0.15, -0.1) is 0 Å². The Bertz CT molecular complexity index is 1050. The zero-order chi connectivity index (χ0) is 24.1. The van der Waals surface area contributed by atoms with Crippen LogP contribution in [0.25, 0.3) is 5.76 Å². The fourth-order valence-electron chi connectivity index (χ4n) is 3.71. The van der Waals surface area contributed by atoms with Gasteiger partial charge in [0.25, 0.3) is 11.7 Å². The van der Waals surface area contributed by atoms with Gasteiger partial charge in [0.1, 0.15) is 11.5 Å². The first-order valence-corrected chi connectivity index (χ1v) is 10.8. The molecule has 33 heavy (non-hydrogen) atoms. The molecule has 0 bridgehead atoms. The minimum Gasteiger partial charge on any atom is -0.507 e. The summed E-state index contributed by atoms with van der Waals surface area (Å²) >= 11 is 0. The summed E-state index contributed by atoms with van der Waals surface area (Å²) in [5.74, 6) is -0.898. The SMILES string of the molecule is CCCOc1ccc(C(O)=C2C(=O)C(=O)N(CCN(C)C)[C@@H]2c2ccc(O)c(OC)c2)cc1. The molecule has 1 aliphatic rings. The van der Waals surface area contributed by atoms with Crippen LogP contribution >= 0.6 is 0 Å². The quantitative estimate of drug-likeness (QED) is 0.341. The highest BCUT2D eigenvalue weighted by molar-refractivity contribution is 6.46. The second kappa shape index (κ2) is 10.4. The average molecular weight is 455 g/mol. The molecule has 1 fully saturated rings. The Balaban J connectivity index is 2.09. The van der Waals surface area contributed by atoms with Crippen molar-refractivity contribution in [3.05, 3.63) is 59.2 Å². The minimum atomic E-state index is -0.824. The highest BCUT2D eigenvalue weighted by atomic mass is 16.5. The number of carbonyl (C=O) groups is 2. The van der Waals surface area contributed by atoms with Crippen molar-refractivity contribution < 1.29 is 29.3 Å². The number of phenols is 1. The smallest absolute Gasteiger partial charge is 0.295 e. The van der Waals surface area contributed by atoms with Crippen molar-refractivity contribution in [1.82, 2.24) is 9.80 Å². The molecule has 2 aromatic rings. The highest BCUT2D eigenvalue weighted by Gasteiger charge is 2.46. The Hall–Kier alpha value is -3.52. The highest BCUT2D eigenvalue weighted by Crippen LogP contribution is 2.41. The molecule has 1 heterocycles. The third-order valence-corrected chi connectivity index (χ3v) is 5.45. The molecule has 8 nitrogen and oxygen atoms in total. The van der Waals surface area contributed by atoms with Crippen LogP contribution in [0.3, 0.4) is 0 Å². The van der Waals surface area contributed by atoms with Crippen LogP contribution in [0.5, 0.6) is 17.2 Å². The molecule has 0 saturated carbocycles. The molecule has 0 radical (unpaired) electrons. The number of carbonyl (C=O) groups excluding carboxylic acids is 2. The number of nitrogens with zero attached hydrogens (tertiary/aromatic N) is 2. The lowest BCUT2D eigenvalue weighted by Crippen LogP contribution is -2.35. The number of aromatic hydroxyl groups is 1. The van der Waals surface area contributed by atoms with E-state index in [2.05, 4.69) is 0 Å². The third-order valence-electron chi connectivity index (χ3n) is 5.45.